The van der Waals surface area contributed by atoms with Crippen LogP contribution in [0.5, 0.6) is 0 Å². The maximum atomic E-state index is 12.8. The quantitative estimate of drug-likeness (QED) is 0.821. The van der Waals surface area contributed by atoms with Crippen LogP contribution >= 0.6 is 0 Å². The summed E-state index contributed by atoms with van der Waals surface area (Å²) in [6.07, 6.45) is 1.68. The number of aromatic nitrogens is 1. The molecule has 0 radical (unpaired) electrons. The predicted molar refractivity (Wildman–Crippen MR) is 53.0 cm³/mol. The van der Waals surface area contributed by atoms with Gasteiger partial charge in [0.05, 0.1) is 6.04 Å². The highest BCUT2D eigenvalue weighted by atomic mass is 19.3. The van der Waals surface area contributed by atoms with Crippen molar-refractivity contribution in [2.45, 2.75) is 25.8 Å². The average molecular weight is 216 g/mol. The molecule has 0 aromatic carbocycles. The largest absolute Gasteiger partial charge is 0.347 e. The maximum absolute atomic E-state index is 12.8. The molecular formula is C10H14F2N2O. The molecule has 0 bridgehead atoms. The van der Waals surface area contributed by atoms with Crippen LogP contribution in [0.25, 0.3) is 0 Å². The van der Waals surface area contributed by atoms with Gasteiger partial charge in [0.2, 0.25) is 0 Å². The highest BCUT2D eigenvalue weighted by Crippen LogP contribution is 2.17. The van der Waals surface area contributed by atoms with E-state index < -0.39 is 17.9 Å². The smallest absolute Gasteiger partial charge is 0.268 e. The molecule has 0 saturated carbocycles. The molecule has 0 aliphatic rings. The number of carbonyl (C=O) groups excluding carboxylic acids is 1. The van der Waals surface area contributed by atoms with Gasteiger partial charge in [0.1, 0.15) is 5.69 Å². The lowest BCUT2D eigenvalue weighted by molar-refractivity contribution is -0.0109. The third-order valence-electron chi connectivity index (χ3n) is 2.28. The van der Waals surface area contributed by atoms with E-state index in [9.17, 15) is 13.6 Å². The molecule has 1 rings (SSSR count). The average Bonchev–Trinajstić information content (AvgIpc) is 2.49. The molecule has 0 aliphatic carbocycles. The molecule has 0 saturated heterocycles. The van der Waals surface area contributed by atoms with Crippen LogP contribution in [0.15, 0.2) is 18.3 Å². The van der Waals surface area contributed by atoms with Crippen LogP contribution in [0.4, 0.5) is 8.78 Å². The Morgan fingerprint density at radius 1 is 1.60 bits per heavy atom. The standard InChI is InChI=1S/C10H14F2N2O/c1-7(10(2,11)12)13-9(15)8-5-4-6-14(8)3/h4-7H,1-3H3,(H,13,15). The first kappa shape index (κ1) is 11.7. The number of amides is 1. The molecule has 5 heteroatoms. The molecule has 3 nitrogen and oxygen atoms in total. The summed E-state index contributed by atoms with van der Waals surface area (Å²) in [5.74, 6) is -3.41. The van der Waals surface area contributed by atoms with Crippen molar-refractivity contribution in [1.82, 2.24) is 9.88 Å². The van der Waals surface area contributed by atoms with Crippen molar-refractivity contribution >= 4 is 5.91 Å². The zero-order valence-electron chi connectivity index (χ0n) is 8.92. The molecule has 0 fully saturated rings. The van der Waals surface area contributed by atoms with Gasteiger partial charge in [-0.05, 0) is 19.1 Å². The summed E-state index contributed by atoms with van der Waals surface area (Å²) < 4.78 is 27.2. The molecule has 1 unspecified atom stereocenters. The Hall–Kier alpha value is -1.39. The minimum atomic E-state index is -2.92. The molecule has 1 heterocycles. The summed E-state index contributed by atoms with van der Waals surface area (Å²) in [7, 11) is 1.68. The second-order valence-corrected chi connectivity index (χ2v) is 3.66. The van der Waals surface area contributed by atoms with Crippen LogP contribution < -0.4 is 5.32 Å². The topological polar surface area (TPSA) is 34.0 Å². The second kappa shape index (κ2) is 4.00. The number of hydrogen-bond donors (Lipinski definition) is 1. The Balaban J connectivity index is 2.69. The first-order valence-electron chi connectivity index (χ1n) is 4.62. The summed E-state index contributed by atoms with van der Waals surface area (Å²) in [4.78, 5) is 11.5. The lowest BCUT2D eigenvalue weighted by Gasteiger charge is -2.20. The molecule has 84 valence electrons. The molecule has 0 spiro atoms. The first-order valence-corrected chi connectivity index (χ1v) is 4.62. The summed E-state index contributed by atoms with van der Waals surface area (Å²) >= 11 is 0. The zero-order valence-corrected chi connectivity index (χ0v) is 8.92. The predicted octanol–water partition coefficient (Wildman–Crippen LogP) is 1.80. The normalized spacial score (nSPS) is 13.7. The number of alkyl halides is 2. The fourth-order valence-corrected chi connectivity index (χ4v) is 1.09. The molecule has 15 heavy (non-hydrogen) atoms. The summed E-state index contributed by atoms with van der Waals surface area (Å²) in [6, 6.07) is 2.08. The number of halogens is 2. The van der Waals surface area contributed by atoms with Crippen molar-refractivity contribution < 1.29 is 13.6 Å². The number of rotatable bonds is 3. The van der Waals surface area contributed by atoms with Gasteiger partial charge in [-0.1, -0.05) is 0 Å². The Labute approximate surface area is 87.1 Å². The van der Waals surface area contributed by atoms with Crippen LogP contribution in [-0.2, 0) is 7.05 Å². The molecular weight excluding hydrogens is 202 g/mol. The lowest BCUT2D eigenvalue weighted by Crippen LogP contribution is -2.44. The molecule has 1 amide bonds. The van der Waals surface area contributed by atoms with Gasteiger partial charge in [-0.15, -0.1) is 0 Å². The van der Waals surface area contributed by atoms with E-state index >= 15 is 0 Å². The van der Waals surface area contributed by atoms with Crippen LogP contribution in [-0.4, -0.2) is 22.4 Å². The van der Waals surface area contributed by atoms with Gasteiger partial charge in [0.25, 0.3) is 11.8 Å². The van der Waals surface area contributed by atoms with E-state index in [1.165, 1.54) is 6.92 Å². The molecule has 1 N–H and O–H groups in total. The monoisotopic (exact) mass is 216 g/mol. The van der Waals surface area contributed by atoms with Crippen molar-refractivity contribution in [2.24, 2.45) is 7.05 Å². The number of carbonyl (C=O) groups is 1. The van der Waals surface area contributed by atoms with E-state index in [-0.39, 0.29) is 0 Å². The van der Waals surface area contributed by atoms with Crippen molar-refractivity contribution in [2.75, 3.05) is 0 Å². The molecule has 1 aromatic heterocycles. The minimum Gasteiger partial charge on any atom is -0.347 e. The van der Waals surface area contributed by atoms with Crippen LogP contribution in [0.1, 0.15) is 24.3 Å². The van der Waals surface area contributed by atoms with Gasteiger partial charge >= 0.3 is 0 Å². The van der Waals surface area contributed by atoms with E-state index in [2.05, 4.69) is 5.32 Å². The Kier molecular flexibility index (Phi) is 3.12. The highest BCUT2D eigenvalue weighted by Gasteiger charge is 2.31. The first-order chi connectivity index (χ1) is 6.82. The third-order valence-corrected chi connectivity index (χ3v) is 2.28. The van der Waals surface area contributed by atoms with Gasteiger partial charge in [-0.25, -0.2) is 8.78 Å². The van der Waals surface area contributed by atoms with Crippen LogP contribution in [0.2, 0.25) is 0 Å². The molecule has 1 aromatic rings. The molecule has 1 atom stereocenters. The summed E-state index contributed by atoms with van der Waals surface area (Å²) in [5.41, 5.74) is 0.367. The second-order valence-electron chi connectivity index (χ2n) is 3.66. The van der Waals surface area contributed by atoms with Gasteiger partial charge in [0.15, 0.2) is 0 Å². The van der Waals surface area contributed by atoms with E-state index in [4.69, 9.17) is 0 Å². The summed E-state index contributed by atoms with van der Waals surface area (Å²) in [5, 5.41) is 2.25. The van der Waals surface area contributed by atoms with Gasteiger partial charge in [-0.2, -0.15) is 0 Å². The van der Waals surface area contributed by atoms with Gasteiger partial charge < -0.3 is 9.88 Å². The number of nitrogens with one attached hydrogen (secondary N) is 1. The lowest BCUT2D eigenvalue weighted by atomic mass is 10.2. The number of aryl methyl sites for hydroxylation is 1. The summed E-state index contributed by atoms with van der Waals surface area (Å²) in [6.45, 7) is 2.06. The third kappa shape index (κ3) is 2.78. The van der Waals surface area contributed by atoms with E-state index in [0.29, 0.717) is 5.69 Å². The zero-order chi connectivity index (χ0) is 11.6. The van der Waals surface area contributed by atoms with E-state index in [1.807, 2.05) is 0 Å². The van der Waals surface area contributed by atoms with E-state index in [0.717, 1.165) is 6.92 Å². The van der Waals surface area contributed by atoms with Gasteiger partial charge in [0, 0.05) is 20.2 Å². The Bertz CT molecular complexity index is 355. The minimum absolute atomic E-state index is 0.367. The molecule has 0 aliphatic heterocycles. The SMILES string of the molecule is CC(NC(=O)c1cccn1C)C(C)(F)F. The fraction of sp³-hybridized carbons (Fsp3) is 0.500. The van der Waals surface area contributed by atoms with E-state index in [1.54, 1.807) is 29.9 Å². The fourth-order valence-electron chi connectivity index (χ4n) is 1.09. The number of nitrogens with zero attached hydrogens (tertiary/aromatic N) is 1. The maximum Gasteiger partial charge on any atom is 0.268 e. The Morgan fingerprint density at radius 2 is 2.20 bits per heavy atom. The number of hydrogen-bond acceptors (Lipinski definition) is 1. The van der Waals surface area contributed by atoms with Crippen molar-refractivity contribution in [3.8, 4) is 0 Å². The van der Waals surface area contributed by atoms with Crippen LogP contribution in [0, 0.1) is 0 Å². The van der Waals surface area contributed by atoms with Gasteiger partial charge in [-0.3, -0.25) is 4.79 Å². The van der Waals surface area contributed by atoms with Crippen molar-refractivity contribution in [1.29, 1.82) is 0 Å². The highest BCUT2D eigenvalue weighted by molar-refractivity contribution is 5.92. The van der Waals surface area contributed by atoms with Crippen LogP contribution in [0.3, 0.4) is 0 Å². The van der Waals surface area contributed by atoms with Crippen molar-refractivity contribution in [3.63, 3.8) is 0 Å². The van der Waals surface area contributed by atoms with Crippen molar-refractivity contribution in [3.05, 3.63) is 24.0 Å². The Morgan fingerprint density at radius 3 is 2.60 bits per heavy atom.